The van der Waals surface area contributed by atoms with Crippen LogP contribution in [0.5, 0.6) is 11.5 Å². The second kappa shape index (κ2) is 9.89. The van der Waals surface area contributed by atoms with Gasteiger partial charge in [0.25, 0.3) is 0 Å². The second-order valence-electron chi connectivity index (χ2n) is 7.77. The lowest BCUT2D eigenvalue weighted by molar-refractivity contribution is 0.193. The molecule has 2 atom stereocenters. The Bertz CT molecular complexity index is 1220. The molecule has 1 aliphatic heterocycles. The highest BCUT2D eigenvalue weighted by Gasteiger charge is 2.31. The van der Waals surface area contributed by atoms with Crippen molar-refractivity contribution in [3.8, 4) is 17.2 Å². The Morgan fingerprint density at radius 1 is 1.21 bits per heavy atom. The van der Waals surface area contributed by atoms with Crippen LogP contribution in [0.4, 0.5) is 10.3 Å². The summed E-state index contributed by atoms with van der Waals surface area (Å²) in [7, 11) is -0.942. The van der Waals surface area contributed by atoms with Gasteiger partial charge < -0.3 is 14.2 Å². The molecule has 2 aromatic heterocycles. The predicted molar refractivity (Wildman–Crippen MR) is 120 cm³/mol. The topological polar surface area (TPSA) is 130 Å². The van der Waals surface area contributed by atoms with Gasteiger partial charge in [0.1, 0.15) is 28.8 Å². The number of anilines is 1. The summed E-state index contributed by atoms with van der Waals surface area (Å²) in [5.74, 6) is 0.921. The van der Waals surface area contributed by atoms with Crippen LogP contribution in [0.2, 0.25) is 0 Å². The van der Waals surface area contributed by atoms with E-state index in [-0.39, 0.29) is 24.1 Å². The zero-order valence-corrected chi connectivity index (χ0v) is 19.7. The van der Waals surface area contributed by atoms with Crippen LogP contribution in [-0.4, -0.2) is 65.8 Å². The summed E-state index contributed by atoms with van der Waals surface area (Å²) in [6.07, 6.45) is 2.68. The average Bonchev–Trinajstić information content (AvgIpc) is 3.49. The molecule has 0 saturated carbocycles. The van der Waals surface area contributed by atoms with Crippen LogP contribution in [0.1, 0.15) is 30.9 Å². The normalized spacial score (nSPS) is 16.9. The molecular weight excluding hydrogens is 467 g/mol. The third-order valence-electron chi connectivity index (χ3n) is 5.52. The summed E-state index contributed by atoms with van der Waals surface area (Å²) < 4.78 is 60.2. The number of hydrogen-bond acceptors (Lipinski definition) is 9. The molecule has 1 aromatic carbocycles. The van der Waals surface area contributed by atoms with Crippen molar-refractivity contribution in [2.75, 3.05) is 32.2 Å². The van der Waals surface area contributed by atoms with Gasteiger partial charge in [0.2, 0.25) is 16.0 Å². The van der Waals surface area contributed by atoms with Crippen LogP contribution in [0.25, 0.3) is 5.69 Å². The summed E-state index contributed by atoms with van der Waals surface area (Å²) in [6, 6.07) is 5.23. The maximum Gasteiger partial charge on any atom is 0.243 e. The van der Waals surface area contributed by atoms with Gasteiger partial charge in [-0.25, -0.2) is 22.8 Å². The highest BCUT2D eigenvalue weighted by molar-refractivity contribution is 7.93. The van der Waals surface area contributed by atoms with Crippen molar-refractivity contribution in [2.45, 2.75) is 30.9 Å². The standard InChI is InChI=1S/C21H25FN6O5S/c1-13(9-18-23-10-15(22)11-24-18)34(29,30)27-21-26-25-20(14-7-8-33-12-14)28(21)19-16(31-2)5-4-6-17(19)32-3/h4-6,10-11,13-14H,7-9,12H2,1-3H3,(H,26,27)/t13?,14-/m0/s1. The highest BCUT2D eigenvalue weighted by atomic mass is 32.2. The maximum atomic E-state index is 13.2. The smallest absolute Gasteiger partial charge is 0.243 e. The van der Waals surface area contributed by atoms with E-state index in [0.717, 1.165) is 12.4 Å². The SMILES string of the molecule is COc1cccc(OC)c1-n1c(NS(=O)(=O)C(C)Cc2ncc(F)cn2)nnc1[C@H]1CCOC1. The van der Waals surface area contributed by atoms with Crippen molar-refractivity contribution in [3.05, 3.63) is 48.1 Å². The molecule has 1 fully saturated rings. The molecule has 34 heavy (non-hydrogen) atoms. The van der Waals surface area contributed by atoms with Crippen LogP contribution in [0.15, 0.2) is 30.6 Å². The van der Waals surface area contributed by atoms with Crippen molar-refractivity contribution in [3.63, 3.8) is 0 Å². The summed E-state index contributed by atoms with van der Waals surface area (Å²) >= 11 is 0. The summed E-state index contributed by atoms with van der Waals surface area (Å²) in [4.78, 5) is 7.69. The molecule has 0 amide bonds. The maximum absolute atomic E-state index is 13.2. The number of aromatic nitrogens is 5. The number of sulfonamides is 1. The van der Waals surface area contributed by atoms with Crippen LogP contribution in [-0.2, 0) is 21.2 Å². The summed E-state index contributed by atoms with van der Waals surface area (Å²) in [5, 5.41) is 7.50. The van der Waals surface area contributed by atoms with Crippen molar-refractivity contribution in [1.82, 2.24) is 24.7 Å². The van der Waals surface area contributed by atoms with E-state index in [1.165, 1.54) is 21.1 Å². The van der Waals surface area contributed by atoms with E-state index in [0.29, 0.717) is 42.6 Å². The van der Waals surface area contributed by atoms with Gasteiger partial charge in [-0.05, 0) is 25.5 Å². The van der Waals surface area contributed by atoms with Crippen molar-refractivity contribution < 1.29 is 27.0 Å². The Morgan fingerprint density at radius 3 is 2.47 bits per heavy atom. The Balaban J connectivity index is 1.73. The fourth-order valence-electron chi connectivity index (χ4n) is 3.68. The fraction of sp³-hybridized carbons (Fsp3) is 0.429. The number of benzene rings is 1. The number of methoxy groups -OCH3 is 2. The summed E-state index contributed by atoms with van der Waals surface area (Å²) in [5.41, 5.74) is 0.464. The lowest BCUT2D eigenvalue weighted by atomic mass is 10.1. The molecule has 182 valence electrons. The summed E-state index contributed by atoms with van der Waals surface area (Å²) in [6.45, 7) is 2.50. The first kappa shape index (κ1) is 23.8. The second-order valence-corrected chi connectivity index (χ2v) is 9.87. The van der Waals surface area contributed by atoms with Gasteiger partial charge in [0.05, 0.1) is 38.5 Å². The van der Waals surface area contributed by atoms with Gasteiger partial charge in [-0.15, -0.1) is 10.2 Å². The first-order chi connectivity index (χ1) is 16.3. The number of hydrogen-bond donors (Lipinski definition) is 1. The van der Waals surface area contributed by atoms with E-state index >= 15 is 0 Å². The number of nitrogens with zero attached hydrogens (tertiary/aromatic N) is 5. The van der Waals surface area contributed by atoms with Gasteiger partial charge >= 0.3 is 0 Å². The largest absolute Gasteiger partial charge is 0.494 e. The molecule has 0 radical (unpaired) electrons. The van der Waals surface area contributed by atoms with E-state index in [1.54, 1.807) is 22.8 Å². The van der Waals surface area contributed by atoms with Crippen molar-refractivity contribution >= 4 is 16.0 Å². The van der Waals surface area contributed by atoms with Crippen LogP contribution in [0, 0.1) is 5.82 Å². The Labute approximate surface area is 196 Å². The molecule has 1 aliphatic rings. The Morgan fingerprint density at radius 2 is 1.88 bits per heavy atom. The molecule has 4 rings (SSSR count). The highest BCUT2D eigenvalue weighted by Crippen LogP contribution is 2.38. The van der Waals surface area contributed by atoms with Crippen LogP contribution in [0.3, 0.4) is 0 Å². The number of rotatable bonds is 9. The first-order valence-corrected chi connectivity index (χ1v) is 12.1. The lowest BCUT2D eigenvalue weighted by Crippen LogP contribution is -2.29. The quantitative estimate of drug-likeness (QED) is 0.477. The molecule has 3 aromatic rings. The molecule has 1 unspecified atom stereocenters. The van der Waals surface area contributed by atoms with Crippen LogP contribution < -0.4 is 14.2 Å². The third-order valence-corrected chi connectivity index (χ3v) is 7.21. The zero-order valence-electron chi connectivity index (χ0n) is 18.9. The van der Waals surface area contributed by atoms with Gasteiger partial charge in [-0.1, -0.05) is 6.07 Å². The minimum atomic E-state index is -3.96. The van der Waals surface area contributed by atoms with Gasteiger partial charge in [-0.3, -0.25) is 9.29 Å². The fourth-order valence-corrected chi connectivity index (χ4v) is 4.63. The molecular formula is C21H25FN6O5S. The molecule has 0 spiro atoms. The zero-order chi connectivity index (χ0) is 24.3. The van der Waals surface area contributed by atoms with Gasteiger partial charge in [-0.2, -0.15) is 0 Å². The number of ether oxygens (including phenoxy) is 3. The van der Waals surface area contributed by atoms with E-state index in [4.69, 9.17) is 14.2 Å². The molecule has 11 nitrogen and oxygen atoms in total. The average molecular weight is 493 g/mol. The first-order valence-electron chi connectivity index (χ1n) is 10.6. The molecule has 1 saturated heterocycles. The number of nitrogens with one attached hydrogen (secondary N) is 1. The van der Waals surface area contributed by atoms with Gasteiger partial charge in [0.15, 0.2) is 5.82 Å². The van der Waals surface area contributed by atoms with E-state index in [2.05, 4.69) is 24.9 Å². The van der Waals surface area contributed by atoms with Gasteiger partial charge in [0, 0.05) is 18.9 Å². The monoisotopic (exact) mass is 492 g/mol. The molecule has 0 aliphatic carbocycles. The Hall–Kier alpha value is -3.32. The minimum Gasteiger partial charge on any atom is -0.494 e. The molecule has 3 heterocycles. The van der Waals surface area contributed by atoms with Crippen molar-refractivity contribution in [1.29, 1.82) is 0 Å². The number of halogens is 1. The van der Waals surface area contributed by atoms with E-state index < -0.39 is 21.1 Å². The lowest BCUT2D eigenvalue weighted by Gasteiger charge is -2.20. The third kappa shape index (κ3) is 4.80. The van der Waals surface area contributed by atoms with Crippen LogP contribution >= 0.6 is 0 Å². The predicted octanol–water partition coefficient (Wildman–Crippen LogP) is 2.09. The molecule has 13 heteroatoms. The number of para-hydroxylation sites is 1. The van der Waals surface area contributed by atoms with E-state index in [9.17, 15) is 12.8 Å². The molecule has 0 bridgehead atoms. The Kier molecular flexibility index (Phi) is 6.93. The van der Waals surface area contributed by atoms with E-state index in [1.807, 2.05) is 0 Å². The minimum absolute atomic E-state index is 0.0171. The van der Waals surface area contributed by atoms with Crippen molar-refractivity contribution in [2.24, 2.45) is 0 Å². The molecule has 1 N–H and O–H groups in total.